The van der Waals surface area contributed by atoms with Gasteiger partial charge in [-0.3, -0.25) is 9.59 Å². The highest BCUT2D eigenvalue weighted by atomic mass is 16.5. The second kappa shape index (κ2) is 8.91. The molecule has 5 nitrogen and oxygen atoms in total. The fourth-order valence-electron chi connectivity index (χ4n) is 2.86. The Hall–Kier alpha value is -2.82. The topological polar surface area (TPSA) is 67.4 Å². The van der Waals surface area contributed by atoms with Crippen LogP contribution in [0.25, 0.3) is 0 Å². The Bertz CT molecular complexity index is 857. The zero-order chi connectivity index (χ0) is 20.1. The minimum absolute atomic E-state index is 0.0514. The van der Waals surface area contributed by atoms with Crippen molar-refractivity contribution in [3.63, 3.8) is 0 Å². The Morgan fingerprint density at radius 3 is 2.39 bits per heavy atom. The van der Waals surface area contributed by atoms with Crippen molar-refractivity contribution in [2.45, 2.75) is 40.0 Å². The summed E-state index contributed by atoms with van der Waals surface area (Å²) in [6.45, 7) is 6.74. The van der Waals surface area contributed by atoms with Crippen LogP contribution in [-0.4, -0.2) is 18.4 Å². The molecule has 3 rings (SSSR count). The van der Waals surface area contributed by atoms with Crippen molar-refractivity contribution < 1.29 is 14.3 Å². The summed E-state index contributed by atoms with van der Waals surface area (Å²) in [6.07, 6.45) is 2.83. The Morgan fingerprint density at radius 2 is 1.71 bits per heavy atom. The summed E-state index contributed by atoms with van der Waals surface area (Å²) in [5.41, 5.74) is 2.74. The van der Waals surface area contributed by atoms with Gasteiger partial charge in [0.25, 0.3) is 5.91 Å². The molecule has 1 saturated carbocycles. The molecule has 2 aromatic rings. The van der Waals surface area contributed by atoms with Crippen molar-refractivity contribution in [2.24, 2.45) is 11.8 Å². The minimum Gasteiger partial charge on any atom is -0.493 e. The third-order valence-corrected chi connectivity index (χ3v) is 4.87. The van der Waals surface area contributed by atoms with Crippen LogP contribution in [0.15, 0.2) is 42.5 Å². The van der Waals surface area contributed by atoms with Gasteiger partial charge < -0.3 is 15.4 Å². The fraction of sp³-hybridized carbons (Fsp3) is 0.391. The highest BCUT2D eigenvalue weighted by Gasteiger charge is 2.30. The van der Waals surface area contributed by atoms with E-state index >= 15 is 0 Å². The van der Waals surface area contributed by atoms with Gasteiger partial charge in [-0.25, -0.2) is 0 Å². The maximum Gasteiger partial charge on any atom is 0.259 e. The van der Waals surface area contributed by atoms with Gasteiger partial charge >= 0.3 is 0 Å². The summed E-state index contributed by atoms with van der Waals surface area (Å²) in [6, 6.07) is 12.8. The molecular formula is C23H28N2O3. The summed E-state index contributed by atoms with van der Waals surface area (Å²) < 4.78 is 5.83. The van der Waals surface area contributed by atoms with Gasteiger partial charge in [0.2, 0.25) is 5.91 Å². The van der Waals surface area contributed by atoms with Crippen LogP contribution in [0.5, 0.6) is 5.75 Å². The fourth-order valence-corrected chi connectivity index (χ4v) is 2.86. The normalized spacial score (nSPS) is 13.3. The van der Waals surface area contributed by atoms with Crippen molar-refractivity contribution in [1.29, 1.82) is 0 Å². The SMILES string of the molecule is Cc1c(NC(=O)c2ccccc2OCCC(C)C)cccc1NC(=O)C1CC1. The molecule has 5 heteroatoms. The van der Waals surface area contributed by atoms with Gasteiger partial charge in [0, 0.05) is 17.3 Å². The number of hydrogen-bond donors (Lipinski definition) is 2. The molecule has 1 aliphatic rings. The number of amides is 2. The number of para-hydroxylation sites is 1. The quantitative estimate of drug-likeness (QED) is 0.676. The average Bonchev–Trinajstić information content (AvgIpc) is 3.50. The number of hydrogen-bond acceptors (Lipinski definition) is 3. The number of nitrogens with one attached hydrogen (secondary N) is 2. The number of anilines is 2. The van der Waals surface area contributed by atoms with E-state index in [0.29, 0.717) is 29.5 Å². The van der Waals surface area contributed by atoms with E-state index in [0.717, 1.165) is 30.5 Å². The third kappa shape index (κ3) is 5.12. The zero-order valence-electron chi connectivity index (χ0n) is 16.7. The maximum absolute atomic E-state index is 12.9. The van der Waals surface area contributed by atoms with Crippen molar-refractivity contribution in [3.8, 4) is 5.75 Å². The van der Waals surface area contributed by atoms with Crippen molar-refractivity contribution in [3.05, 3.63) is 53.6 Å². The molecule has 148 valence electrons. The Balaban J connectivity index is 1.72. The molecule has 0 spiro atoms. The van der Waals surface area contributed by atoms with Crippen LogP contribution in [0.2, 0.25) is 0 Å². The molecule has 0 saturated heterocycles. The average molecular weight is 380 g/mol. The predicted octanol–water partition coefficient (Wildman–Crippen LogP) is 5.02. The zero-order valence-corrected chi connectivity index (χ0v) is 16.7. The lowest BCUT2D eigenvalue weighted by molar-refractivity contribution is -0.117. The molecule has 0 heterocycles. The van der Waals surface area contributed by atoms with Crippen LogP contribution in [0.4, 0.5) is 11.4 Å². The van der Waals surface area contributed by atoms with Gasteiger partial charge in [-0.1, -0.05) is 32.0 Å². The molecule has 2 aromatic carbocycles. The first-order valence-corrected chi connectivity index (χ1v) is 9.89. The van der Waals surface area contributed by atoms with Gasteiger partial charge in [0.05, 0.1) is 12.2 Å². The van der Waals surface area contributed by atoms with E-state index in [1.54, 1.807) is 6.07 Å². The van der Waals surface area contributed by atoms with E-state index in [2.05, 4.69) is 24.5 Å². The van der Waals surface area contributed by atoms with Crippen LogP contribution in [-0.2, 0) is 4.79 Å². The van der Waals surface area contributed by atoms with Gasteiger partial charge in [0.15, 0.2) is 0 Å². The maximum atomic E-state index is 12.9. The Morgan fingerprint density at radius 1 is 1.04 bits per heavy atom. The van der Waals surface area contributed by atoms with E-state index in [1.165, 1.54) is 0 Å². The molecule has 1 aliphatic carbocycles. The number of ether oxygens (including phenoxy) is 1. The smallest absolute Gasteiger partial charge is 0.259 e. The number of carbonyl (C=O) groups is 2. The standard InChI is InChI=1S/C23H28N2O3/c1-15(2)13-14-28-21-10-5-4-7-18(21)23(27)25-20-9-6-8-19(16(20)3)24-22(26)17-11-12-17/h4-10,15,17H,11-14H2,1-3H3,(H,24,26)(H,25,27). The molecule has 2 amide bonds. The molecule has 28 heavy (non-hydrogen) atoms. The monoisotopic (exact) mass is 380 g/mol. The van der Waals surface area contributed by atoms with Crippen LogP contribution < -0.4 is 15.4 Å². The van der Waals surface area contributed by atoms with Crippen molar-refractivity contribution in [2.75, 3.05) is 17.2 Å². The number of carbonyl (C=O) groups excluding carboxylic acids is 2. The molecule has 0 aliphatic heterocycles. The lowest BCUT2D eigenvalue weighted by atomic mass is 10.1. The lowest BCUT2D eigenvalue weighted by Crippen LogP contribution is -2.17. The molecule has 0 atom stereocenters. The minimum atomic E-state index is -0.228. The van der Waals surface area contributed by atoms with E-state index in [4.69, 9.17) is 4.74 Å². The molecule has 2 N–H and O–H groups in total. The van der Waals surface area contributed by atoms with Gasteiger partial charge in [0.1, 0.15) is 5.75 Å². The number of rotatable bonds is 8. The molecule has 0 bridgehead atoms. The summed E-state index contributed by atoms with van der Waals surface area (Å²) >= 11 is 0. The van der Waals surface area contributed by atoms with Gasteiger partial charge in [-0.15, -0.1) is 0 Å². The first-order chi connectivity index (χ1) is 13.5. The van der Waals surface area contributed by atoms with Crippen LogP contribution >= 0.6 is 0 Å². The molecule has 0 unspecified atom stereocenters. The Labute approximate surface area is 166 Å². The second-order valence-corrected chi connectivity index (χ2v) is 7.72. The van der Waals surface area contributed by atoms with E-state index in [-0.39, 0.29) is 17.7 Å². The summed E-state index contributed by atoms with van der Waals surface area (Å²) in [5, 5.41) is 5.91. The van der Waals surface area contributed by atoms with E-state index < -0.39 is 0 Å². The molecular weight excluding hydrogens is 352 g/mol. The molecule has 1 fully saturated rings. The highest BCUT2D eigenvalue weighted by Crippen LogP contribution is 2.32. The van der Waals surface area contributed by atoms with E-state index in [9.17, 15) is 9.59 Å². The molecule has 0 radical (unpaired) electrons. The largest absolute Gasteiger partial charge is 0.493 e. The van der Waals surface area contributed by atoms with Crippen molar-refractivity contribution >= 4 is 23.2 Å². The van der Waals surface area contributed by atoms with Crippen molar-refractivity contribution in [1.82, 2.24) is 0 Å². The highest BCUT2D eigenvalue weighted by molar-refractivity contribution is 6.07. The third-order valence-electron chi connectivity index (χ3n) is 4.87. The van der Waals surface area contributed by atoms with Crippen LogP contribution in [0.1, 0.15) is 49.0 Å². The van der Waals surface area contributed by atoms with Crippen LogP contribution in [0.3, 0.4) is 0 Å². The summed E-state index contributed by atoms with van der Waals surface area (Å²) in [7, 11) is 0. The lowest BCUT2D eigenvalue weighted by Gasteiger charge is -2.15. The first-order valence-electron chi connectivity index (χ1n) is 9.89. The predicted molar refractivity (Wildman–Crippen MR) is 112 cm³/mol. The Kier molecular flexibility index (Phi) is 6.34. The van der Waals surface area contributed by atoms with E-state index in [1.807, 2.05) is 43.3 Å². The first kappa shape index (κ1) is 19.9. The van der Waals surface area contributed by atoms with Gasteiger partial charge in [-0.05, 0) is 61.9 Å². The second-order valence-electron chi connectivity index (χ2n) is 7.72. The number of benzene rings is 2. The van der Waals surface area contributed by atoms with Crippen LogP contribution in [0, 0.1) is 18.8 Å². The summed E-state index contributed by atoms with van der Waals surface area (Å²) in [5.74, 6) is 1.07. The summed E-state index contributed by atoms with van der Waals surface area (Å²) in [4.78, 5) is 24.9. The van der Waals surface area contributed by atoms with Gasteiger partial charge in [-0.2, -0.15) is 0 Å². The molecule has 0 aromatic heterocycles.